The third-order valence-corrected chi connectivity index (χ3v) is 5.19. The number of hydrogen-bond acceptors (Lipinski definition) is 3. The number of fused-ring (bicyclic) bond motifs is 2. The summed E-state index contributed by atoms with van der Waals surface area (Å²) >= 11 is 0. The maximum Gasteiger partial charge on any atom is 0.406 e. The van der Waals surface area contributed by atoms with Gasteiger partial charge in [0.1, 0.15) is 18.2 Å². The second-order valence-electron chi connectivity index (χ2n) is 7.41. The van der Waals surface area contributed by atoms with Crippen molar-refractivity contribution in [1.82, 2.24) is 18.7 Å². The first-order valence-corrected chi connectivity index (χ1v) is 9.85. The zero-order valence-electron chi connectivity index (χ0n) is 16.8. The number of benzene rings is 2. The lowest BCUT2D eigenvalue weighted by molar-refractivity contribution is -0.140. The van der Waals surface area contributed by atoms with Gasteiger partial charge in [0.2, 0.25) is 0 Å². The molecule has 0 radical (unpaired) electrons. The Morgan fingerprint density at radius 3 is 2.42 bits per heavy atom. The van der Waals surface area contributed by atoms with Gasteiger partial charge >= 0.3 is 11.9 Å². The van der Waals surface area contributed by atoms with Crippen molar-refractivity contribution in [2.75, 3.05) is 0 Å². The number of halogens is 4. The summed E-state index contributed by atoms with van der Waals surface area (Å²) in [6, 6.07) is 8.93. The fraction of sp³-hybridized carbons (Fsp3) is 0.333. The van der Waals surface area contributed by atoms with Crippen LogP contribution in [0.2, 0.25) is 0 Å². The molecule has 0 atom stereocenters. The van der Waals surface area contributed by atoms with Gasteiger partial charge in [0.05, 0.1) is 28.6 Å². The van der Waals surface area contributed by atoms with Crippen molar-refractivity contribution in [2.45, 2.75) is 45.7 Å². The van der Waals surface area contributed by atoms with Gasteiger partial charge in [0, 0.05) is 13.1 Å². The van der Waals surface area contributed by atoms with E-state index in [2.05, 4.69) is 4.98 Å². The molecule has 31 heavy (non-hydrogen) atoms. The van der Waals surface area contributed by atoms with Crippen LogP contribution in [0.3, 0.4) is 0 Å². The monoisotopic (exact) mass is 435 g/mol. The average Bonchev–Trinajstić information content (AvgIpc) is 3.17. The maximum absolute atomic E-state index is 13.9. The average molecular weight is 435 g/mol. The normalized spacial score (nSPS) is 12.3. The van der Waals surface area contributed by atoms with E-state index in [9.17, 15) is 22.4 Å². The van der Waals surface area contributed by atoms with Gasteiger partial charge in [-0.2, -0.15) is 13.2 Å². The Morgan fingerprint density at radius 1 is 1.00 bits per heavy atom. The van der Waals surface area contributed by atoms with Crippen molar-refractivity contribution in [3.8, 4) is 0 Å². The molecule has 2 aromatic carbocycles. The summed E-state index contributed by atoms with van der Waals surface area (Å²) in [6.07, 6.45) is -3.80. The van der Waals surface area contributed by atoms with Gasteiger partial charge in [-0.15, -0.1) is 0 Å². The third-order valence-electron chi connectivity index (χ3n) is 5.19. The van der Waals surface area contributed by atoms with Crippen molar-refractivity contribution in [1.29, 1.82) is 0 Å². The molecule has 2 N–H and O–H groups in total. The van der Waals surface area contributed by atoms with Gasteiger partial charge in [-0.3, -0.25) is 9.13 Å². The molecule has 10 heteroatoms. The maximum atomic E-state index is 13.9. The van der Waals surface area contributed by atoms with Crippen LogP contribution in [0.1, 0.15) is 24.7 Å². The molecule has 0 aliphatic rings. The molecule has 0 amide bonds. The lowest BCUT2D eigenvalue weighted by Crippen LogP contribution is -2.30. The minimum Gasteiger partial charge on any atom is -0.326 e. The molecule has 0 bridgehead atoms. The molecule has 0 fully saturated rings. The predicted molar refractivity (Wildman–Crippen MR) is 109 cm³/mol. The highest BCUT2D eigenvalue weighted by atomic mass is 19.4. The second kappa shape index (κ2) is 7.84. The minimum atomic E-state index is -4.59. The molecular formula is C21H21F4N5O. The van der Waals surface area contributed by atoms with Crippen LogP contribution in [0.25, 0.3) is 22.1 Å². The Bertz CT molecular complexity index is 1320. The quantitative estimate of drug-likeness (QED) is 0.469. The van der Waals surface area contributed by atoms with Crippen molar-refractivity contribution in [3.05, 3.63) is 64.1 Å². The van der Waals surface area contributed by atoms with Gasteiger partial charge in [-0.25, -0.2) is 14.2 Å². The van der Waals surface area contributed by atoms with Gasteiger partial charge < -0.3 is 10.3 Å². The molecule has 4 rings (SSSR count). The lowest BCUT2D eigenvalue weighted by Gasteiger charge is -2.09. The number of aromatic nitrogens is 4. The summed E-state index contributed by atoms with van der Waals surface area (Å²) in [5, 5.41) is 0. The second-order valence-corrected chi connectivity index (χ2v) is 7.41. The fourth-order valence-electron chi connectivity index (χ4n) is 3.87. The van der Waals surface area contributed by atoms with Crippen molar-refractivity contribution >= 4 is 22.1 Å². The van der Waals surface area contributed by atoms with E-state index in [1.54, 1.807) is 0 Å². The first kappa shape index (κ1) is 21.1. The van der Waals surface area contributed by atoms with Gasteiger partial charge in [0.15, 0.2) is 0 Å². The van der Waals surface area contributed by atoms with E-state index in [0.717, 1.165) is 34.2 Å². The van der Waals surface area contributed by atoms with Crippen molar-refractivity contribution in [3.63, 3.8) is 0 Å². The van der Waals surface area contributed by atoms with Crippen LogP contribution in [0, 0.1) is 5.82 Å². The highest BCUT2D eigenvalue weighted by molar-refractivity contribution is 5.78. The first-order chi connectivity index (χ1) is 14.7. The van der Waals surface area contributed by atoms with Crippen LogP contribution < -0.4 is 11.4 Å². The smallest absolute Gasteiger partial charge is 0.326 e. The van der Waals surface area contributed by atoms with Crippen LogP contribution in [0.5, 0.6) is 0 Å². The van der Waals surface area contributed by atoms with E-state index in [1.807, 2.05) is 29.7 Å². The lowest BCUT2D eigenvalue weighted by atomic mass is 10.2. The molecule has 0 unspecified atom stereocenters. The molecule has 6 nitrogen and oxygen atoms in total. The van der Waals surface area contributed by atoms with Crippen molar-refractivity contribution < 1.29 is 17.6 Å². The molecule has 2 heterocycles. The summed E-state index contributed by atoms with van der Waals surface area (Å²) in [7, 11) is 0. The molecule has 2 aromatic heterocycles. The van der Waals surface area contributed by atoms with Gasteiger partial charge in [-0.1, -0.05) is 13.0 Å². The summed E-state index contributed by atoms with van der Waals surface area (Å²) in [4.78, 5) is 17.5. The Labute approximate surface area is 174 Å². The molecule has 0 saturated heterocycles. The van der Waals surface area contributed by atoms with Crippen molar-refractivity contribution in [2.24, 2.45) is 5.73 Å². The number of aryl methyl sites for hydroxylation is 1. The number of rotatable bonds is 6. The summed E-state index contributed by atoms with van der Waals surface area (Å²) < 4.78 is 56.8. The summed E-state index contributed by atoms with van der Waals surface area (Å²) in [6.45, 7) is 1.40. The highest BCUT2D eigenvalue weighted by Gasteiger charge is 2.31. The van der Waals surface area contributed by atoms with E-state index in [1.165, 1.54) is 6.07 Å². The summed E-state index contributed by atoms with van der Waals surface area (Å²) in [5.41, 5.74) is 7.37. The fourth-order valence-corrected chi connectivity index (χ4v) is 3.87. The number of nitrogens with zero attached hydrogens (tertiary/aromatic N) is 4. The Kier molecular flexibility index (Phi) is 5.34. The third kappa shape index (κ3) is 3.95. The molecule has 0 aliphatic carbocycles. The molecular weight excluding hydrogens is 414 g/mol. The highest BCUT2D eigenvalue weighted by Crippen LogP contribution is 2.24. The van der Waals surface area contributed by atoms with Crippen LogP contribution >= 0.6 is 0 Å². The van der Waals surface area contributed by atoms with Crippen LogP contribution in [0.15, 0.2) is 41.2 Å². The summed E-state index contributed by atoms with van der Waals surface area (Å²) in [5.74, 6) is -0.136. The van der Waals surface area contributed by atoms with Gasteiger partial charge in [-0.05, 0) is 42.3 Å². The zero-order valence-corrected chi connectivity index (χ0v) is 16.8. The van der Waals surface area contributed by atoms with Crippen LogP contribution in [-0.4, -0.2) is 24.9 Å². The van der Waals surface area contributed by atoms with Crippen LogP contribution in [0.4, 0.5) is 17.6 Å². The number of alkyl halides is 3. The number of hydrogen-bond donors (Lipinski definition) is 1. The number of imidazole rings is 2. The molecule has 4 aromatic rings. The largest absolute Gasteiger partial charge is 0.406 e. The SMILES string of the molecule is CCCn1c(Cn2c(=O)n(CC(F)(F)F)c3ccc(F)cc32)nc2cc(CN)ccc21. The number of nitrogens with two attached hydrogens (primary N) is 1. The zero-order chi connectivity index (χ0) is 22.3. The molecule has 0 aliphatic heterocycles. The van der Waals surface area contributed by atoms with Crippen LogP contribution in [-0.2, 0) is 26.2 Å². The topological polar surface area (TPSA) is 70.8 Å². The van der Waals surface area contributed by atoms with E-state index in [0.29, 0.717) is 29.0 Å². The van der Waals surface area contributed by atoms with E-state index in [-0.39, 0.29) is 17.6 Å². The minimum absolute atomic E-state index is 0.0206. The molecule has 0 spiro atoms. The standard InChI is InChI=1S/C21H21F4N5O/c1-2-7-28-16-5-3-13(10-26)8-15(16)27-19(28)11-29-18-9-14(22)4-6-17(18)30(20(29)31)12-21(23,24)25/h3-6,8-9H,2,7,10-12,26H2,1H3. The van der Waals surface area contributed by atoms with E-state index in [4.69, 9.17) is 5.73 Å². The first-order valence-electron chi connectivity index (χ1n) is 9.85. The predicted octanol–water partition coefficient (Wildman–Crippen LogP) is 3.77. The Hall–Kier alpha value is -3.14. The Morgan fingerprint density at radius 2 is 1.74 bits per heavy atom. The van der Waals surface area contributed by atoms with E-state index < -0.39 is 24.2 Å². The molecule has 0 saturated carbocycles. The van der Waals surface area contributed by atoms with Gasteiger partial charge in [0.25, 0.3) is 0 Å². The Balaban J connectivity index is 1.89. The molecule has 164 valence electrons. The van der Waals surface area contributed by atoms with E-state index >= 15 is 0 Å².